The Labute approximate surface area is 147 Å². The molecule has 3 rings (SSSR count). The zero-order valence-electron chi connectivity index (χ0n) is 14.1. The Morgan fingerprint density at radius 2 is 1.40 bits per heavy atom. The number of carbonyl (C=O) groups is 2. The topological polar surface area (TPSA) is 52.6 Å². The van der Waals surface area contributed by atoms with E-state index in [9.17, 15) is 9.59 Å². The summed E-state index contributed by atoms with van der Waals surface area (Å²) in [6.07, 6.45) is 5.86. The van der Waals surface area contributed by atoms with E-state index in [4.69, 9.17) is 9.47 Å². The minimum Gasteiger partial charge on any atom is -0.462 e. The van der Waals surface area contributed by atoms with Gasteiger partial charge in [0.1, 0.15) is 5.75 Å². The fourth-order valence-corrected chi connectivity index (χ4v) is 3.11. The normalized spacial score (nSPS) is 14.7. The van der Waals surface area contributed by atoms with Crippen LogP contribution in [0, 0.1) is 5.92 Å². The van der Waals surface area contributed by atoms with Crippen molar-refractivity contribution in [3.05, 3.63) is 65.7 Å². The lowest BCUT2D eigenvalue weighted by molar-refractivity contribution is 0.0404. The molecule has 0 N–H and O–H groups in total. The molecule has 1 fully saturated rings. The third-order valence-electron chi connectivity index (χ3n) is 4.50. The van der Waals surface area contributed by atoms with Gasteiger partial charge in [-0.15, -0.1) is 0 Å². The molecule has 1 aliphatic rings. The number of hydrogen-bond donors (Lipinski definition) is 0. The Kier molecular flexibility index (Phi) is 5.83. The molecule has 0 atom stereocenters. The molecule has 130 valence electrons. The predicted molar refractivity (Wildman–Crippen MR) is 94.7 cm³/mol. The summed E-state index contributed by atoms with van der Waals surface area (Å²) in [4.78, 5) is 24.9. The minimum atomic E-state index is -0.559. The van der Waals surface area contributed by atoms with Gasteiger partial charge in [-0.05, 0) is 43.0 Å². The van der Waals surface area contributed by atoms with Crippen LogP contribution in [0.2, 0.25) is 0 Å². The minimum absolute atomic E-state index is 0.222. The van der Waals surface area contributed by atoms with Crippen molar-refractivity contribution in [2.24, 2.45) is 5.92 Å². The monoisotopic (exact) mass is 338 g/mol. The van der Waals surface area contributed by atoms with Crippen molar-refractivity contribution in [2.75, 3.05) is 6.61 Å². The first kappa shape index (κ1) is 17.2. The summed E-state index contributed by atoms with van der Waals surface area (Å²) in [5.74, 6) is -0.151. The van der Waals surface area contributed by atoms with Crippen LogP contribution >= 0.6 is 0 Å². The van der Waals surface area contributed by atoms with E-state index in [1.165, 1.54) is 19.3 Å². The highest BCUT2D eigenvalue weighted by Gasteiger charge is 2.21. The fraction of sp³-hybridized carbons (Fsp3) is 0.333. The van der Waals surface area contributed by atoms with E-state index in [2.05, 4.69) is 0 Å². The summed E-state index contributed by atoms with van der Waals surface area (Å²) in [5, 5.41) is 0. The first-order valence-corrected chi connectivity index (χ1v) is 8.77. The van der Waals surface area contributed by atoms with E-state index in [1.807, 2.05) is 6.07 Å². The third kappa shape index (κ3) is 4.69. The van der Waals surface area contributed by atoms with Crippen LogP contribution in [0.15, 0.2) is 54.6 Å². The Hall–Kier alpha value is -2.62. The van der Waals surface area contributed by atoms with Gasteiger partial charge in [-0.1, -0.05) is 49.6 Å². The average Bonchev–Trinajstić information content (AvgIpc) is 2.67. The predicted octanol–water partition coefficient (Wildman–Crippen LogP) is 4.64. The second-order valence-corrected chi connectivity index (χ2v) is 6.35. The Morgan fingerprint density at radius 1 is 0.800 bits per heavy atom. The molecule has 2 aromatic carbocycles. The molecule has 0 aliphatic heterocycles. The maximum atomic E-state index is 12.4. The third-order valence-corrected chi connectivity index (χ3v) is 4.50. The molecular weight excluding hydrogens is 316 g/mol. The molecule has 0 radical (unpaired) electrons. The van der Waals surface area contributed by atoms with Gasteiger partial charge in [0.2, 0.25) is 0 Å². The van der Waals surface area contributed by atoms with Gasteiger partial charge in [0, 0.05) is 0 Å². The molecule has 0 unspecified atom stereocenters. The van der Waals surface area contributed by atoms with E-state index in [0.29, 0.717) is 18.3 Å². The average molecular weight is 338 g/mol. The highest BCUT2D eigenvalue weighted by Crippen LogP contribution is 2.24. The van der Waals surface area contributed by atoms with Gasteiger partial charge < -0.3 is 9.47 Å². The van der Waals surface area contributed by atoms with Crippen molar-refractivity contribution in [1.29, 1.82) is 0 Å². The maximum absolute atomic E-state index is 12.4. The molecule has 0 spiro atoms. The van der Waals surface area contributed by atoms with Gasteiger partial charge in [0.05, 0.1) is 17.7 Å². The van der Waals surface area contributed by atoms with Gasteiger partial charge in [-0.3, -0.25) is 0 Å². The lowest BCUT2D eigenvalue weighted by Gasteiger charge is -2.21. The Balaban J connectivity index is 1.67. The molecule has 1 saturated carbocycles. The number of rotatable bonds is 5. The van der Waals surface area contributed by atoms with Gasteiger partial charge in [0.25, 0.3) is 0 Å². The molecule has 4 nitrogen and oxygen atoms in total. The Bertz CT molecular complexity index is 718. The lowest BCUT2D eigenvalue weighted by atomic mass is 9.90. The molecule has 1 aliphatic carbocycles. The summed E-state index contributed by atoms with van der Waals surface area (Å²) in [6.45, 7) is 0.418. The summed E-state index contributed by atoms with van der Waals surface area (Å²) < 4.78 is 10.8. The smallest absolute Gasteiger partial charge is 0.344 e. The molecule has 0 heterocycles. The van der Waals surface area contributed by atoms with E-state index in [1.54, 1.807) is 48.5 Å². The Morgan fingerprint density at radius 3 is 2.08 bits per heavy atom. The summed E-state index contributed by atoms with van der Waals surface area (Å²) in [5.41, 5.74) is 0.472. The largest absolute Gasteiger partial charge is 0.462 e. The molecule has 4 heteroatoms. The second kappa shape index (κ2) is 8.47. The zero-order valence-corrected chi connectivity index (χ0v) is 14.1. The van der Waals surface area contributed by atoms with Gasteiger partial charge in [-0.25, -0.2) is 9.59 Å². The number of benzene rings is 2. The van der Waals surface area contributed by atoms with Gasteiger partial charge in [-0.2, -0.15) is 0 Å². The number of hydrogen-bond acceptors (Lipinski definition) is 4. The summed E-state index contributed by atoms with van der Waals surface area (Å²) in [6, 6.07) is 15.4. The van der Waals surface area contributed by atoms with Crippen LogP contribution in [-0.2, 0) is 4.74 Å². The summed E-state index contributed by atoms with van der Waals surface area (Å²) >= 11 is 0. The molecule has 25 heavy (non-hydrogen) atoms. The van der Waals surface area contributed by atoms with Crippen LogP contribution in [-0.4, -0.2) is 18.5 Å². The quantitative estimate of drug-likeness (QED) is 0.588. The maximum Gasteiger partial charge on any atom is 0.344 e. The van der Waals surface area contributed by atoms with Crippen LogP contribution in [0.3, 0.4) is 0 Å². The number of carbonyl (C=O) groups excluding carboxylic acids is 2. The van der Waals surface area contributed by atoms with E-state index in [-0.39, 0.29) is 11.1 Å². The molecular formula is C21H22O4. The van der Waals surface area contributed by atoms with Gasteiger partial charge in [0.15, 0.2) is 0 Å². The SMILES string of the molecule is O=C(OCC1CCCCC1)c1ccccc1C(=O)Oc1ccccc1. The van der Waals surface area contributed by atoms with Crippen LogP contribution in [0.1, 0.15) is 52.8 Å². The highest BCUT2D eigenvalue weighted by molar-refractivity contribution is 6.03. The van der Waals surface area contributed by atoms with E-state index >= 15 is 0 Å². The van der Waals surface area contributed by atoms with E-state index < -0.39 is 11.9 Å². The fourth-order valence-electron chi connectivity index (χ4n) is 3.11. The first-order valence-electron chi connectivity index (χ1n) is 8.77. The number of esters is 2. The van der Waals surface area contributed by atoms with E-state index in [0.717, 1.165) is 12.8 Å². The van der Waals surface area contributed by atoms with Gasteiger partial charge >= 0.3 is 11.9 Å². The van der Waals surface area contributed by atoms with Crippen LogP contribution in [0.4, 0.5) is 0 Å². The molecule has 0 saturated heterocycles. The summed E-state index contributed by atoms with van der Waals surface area (Å²) in [7, 11) is 0. The molecule has 2 aromatic rings. The molecule has 0 aromatic heterocycles. The van der Waals surface area contributed by atoms with Crippen molar-refractivity contribution in [3.63, 3.8) is 0 Å². The van der Waals surface area contributed by atoms with Crippen LogP contribution in [0.5, 0.6) is 5.75 Å². The lowest BCUT2D eigenvalue weighted by Crippen LogP contribution is -2.19. The number of para-hydroxylation sites is 1. The molecule has 0 bridgehead atoms. The zero-order chi connectivity index (χ0) is 17.5. The second-order valence-electron chi connectivity index (χ2n) is 6.35. The van der Waals surface area contributed by atoms with Crippen molar-refractivity contribution in [2.45, 2.75) is 32.1 Å². The van der Waals surface area contributed by atoms with Crippen molar-refractivity contribution in [1.82, 2.24) is 0 Å². The number of ether oxygens (including phenoxy) is 2. The van der Waals surface area contributed by atoms with Crippen LogP contribution < -0.4 is 4.74 Å². The first-order chi connectivity index (χ1) is 12.2. The standard InChI is InChI=1S/C21H22O4/c22-20(24-15-16-9-3-1-4-10-16)18-13-7-8-14-19(18)21(23)25-17-11-5-2-6-12-17/h2,5-8,11-14,16H,1,3-4,9-10,15H2. The van der Waals surface area contributed by atoms with Crippen molar-refractivity contribution in [3.8, 4) is 5.75 Å². The van der Waals surface area contributed by atoms with Crippen LogP contribution in [0.25, 0.3) is 0 Å². The highest BCUT2D eigenvalue weighted by atomic mass is 16.5. The van der Waals surface area contributed by atoms with Crippen molar-refractivity contribution >= 4 is 11.9 Å². The van der Waals surface area contributed by atoms with Crippen molar-refractivity contribution < 1.29 is 19.1 Å². The molecule has 0 amide bonds.